The van der Waals surface area contributed by atoms with Crippen LogP contribution in [-0.2, 0) is 4.74 Å². The highest BCUT2D eigenvalue weighted by atomic mass is 16.6. The van der Waals surface area contributed by atoms with Crippen LogP contribution in [0.15, 0.2) is 12.3 Å². The van der Waals surface area contributed by atoms with Gasteiger partial charge in [0.25, 0.3) is 0 Å². The molecule has 0 amide bonds. The van der Waals surface area contributed by atoms with Gasteiger partial charge in [0.1, 0.15) is 0 Å². The van der Waals surface area contributed by atoms with Crippen LogP contribution in [-0.4, -0.2) is 42.1 Å². The molecule has 0 aromatic carbocycles. The molecule has 1 aliphatic rings. The first-order chi connectivity index (χ1) is 10.0. The summed E-state index contributed by atoms with van der Waals surface area (Å²) in [5.41, 5.74) is 5.89. The van der Waals surface area contributed by atoms with Gasteiger partial charge in [-0.3, -0.25) is 21.0 Å². The summed E-state index contributed by atoms with van der Waals surface area (Å²) in [7, 11) is 1.21. The first kappa shape index (κ1) is 15.1. The molecule has 1 saturated heterocycles. The zero-order valence-electron chi connectivity index (χ0n) is 11.8. The highest BCUT2D eigenvalue weighted by molar-refractivity contribution is 5.90. The van der Waals surface area contributed by atoms with Gasteiger partial charge in [-0.25, -0.2) is 9.78 Å². The molecule has 2 atom stereocenters. The van der Waals surface area contributed by atoms with Crippen LogP contribution in [0.5, 0.6) is 0 Å². The SMILES string of the molecule is COC(=O)c1cnc(NCC2CNNC2C)c([N+](=O)[O-])c1. The fourth-order valence-electron chi connectivity index (χ4n) is 2.08. The number of hydrogen-bond acceptors (Lipinski definition) is 8. The average molecular weight is 295 g/mol. The number of nitro groups is 1. The van der Waals surface area contributed by atoms with Crippen LogP contribution >= 0.6 is 0 Å². The molecule has 2 rings (SSSR count). The summed E-state index contributed by atoms with van der Waals surface area (Å²) in [6, 6.07) is 1.42. The van der Waals surface area contributed by atoms with Crippen molar-refractivity contribution in [2.75, 3.05) is 25.5 Å². The molecule has 0 bridgehead atoms. The topological polar surface area (TPSA) is 118 Å². The molecule has 0 spiro atoms. The Balaban J connectivity index is 2.14. The number of nitrogens with zero attached hydrogens (tertiary/aromatic N) is 2. The molecule has 0 saturated carbocycles. The highest BCUT2D eigenvalue weighted by Gasteiger charge is 2.24. The summed E-state index contributed by atoms with van der Waals surface area (Å²) >= 11 is 0. The van der Waals surface area contributed by atoms with Gasteiger partial charge in [-0.2, -0.15) is 0 Å². The number of anilines is 1. The van der Waals surface area contributed by atoms with Crippen LogP contribution in [0.2, 0.25) is 0 Å². The standard InChI is InChI=1S/C12H17N5O4/c1-7-9(6-15-16-7)5-14-11-10(17(19)20)3-8(4-13-11)12(18)21-2/h3-4,7,9,15-16H,5-6H2,1-2H3,(H,13,14). The molecule has 1 aliphatic heterocycles. The van der Waals surface area contributed by atoms with Crippen molar-refractivity contribution in [3.63, 3.8) is 0 Å². The van der Waals surface area contributed by atoms with E-state index in [-0.39, 0.29) is 29.0 Å². The molecule has 9 heteroatoms. The molecule has 2 heterocycles. The molecule has 21 heavy (non-hydrogen) atoms. The van der Waals surface area contributed by atoms with Crippen LogP contribution in [0.4, 0.5) is 11.5 Å². The Hall–Kier alpha value is -2.26. The van der Waals surface area contributed by atoms with Crippen molar-refractivity contribution >= 4 is 17.5 Å². The van der Waals surface area contributed by atoms with E-state index in [2.05, 4.69) is 25.9 Å². The van der Waals surface area contributed by atoms with E-state index in [4.69, 9.17) is 0 Å². The van der Waals surface area contributed by atoms with Gasteiger partial charge in [-0.15, -0.1) is 0 Å². The third kappa shape index (κ3) is 3.44. The third-order valence-electron chi connectivity index (χ3n) is 3.42. The second-order valence-electron chi connectivity index (χ2n) is 4.80. The Bertz CT molecular complexity index is 550. The number of esters is 1. The fraction of sp³-hybridized carbons (Fsp3) is 0.500. The molecule has 0 aliphatic carbocycles. The molecular weight excluding hydrogens is 278 g/mol. The summed E-state index contributed by atoms with van der Waals surface area (Å²) in [5, 5.41) is 14.1. The minimum absolute atomic E-state index is 0.0484. The quantitative estimate of drug-likeness (QED) is 0.403. The number of carbonyl (C=O) groups excluding carboxylic acids is 1. The second kappa shape index (κ2) is 6.46. The van der Waals surface area contributed by atoms with Crippen molar-refractivity contribution < 1.29 is 14.5 Å². The van der Waals surface area contributed by atoms with Crippen LogP contribution in [0.1, 0.15) is 17.3 Å². The largest absolute Gasteiger partial charge is 0.465 e. The van der Waals surface area contributed by atoms with E-state index in [0.717, 1.165) is 12.6 Å². The number of hydrogen-bond donors (Lipinski definition) is 3. The number of pyridine rings is 1. The molecule has 1 fully saturated rings. The van der Waals surface area contributed by atoms with Gasteiger partial charge in [-0.1, -0.05) is 0 Å². The van der Waals surface area contributed by atoms with Crippen LogP contribution in [0.3, 0.4) is 0 Å². The Kier molecular flexibility index (Phi) is 4.66. The number of ether oxygens (including phenoxy) is 1. The first-order valence-corrected chi connectivity index (χ1v) is 6.48. The maximum atomic E-state index is 11.4. The van der Waals surface area contributed by atoms with E-state index in [1.807, 2.05) is 6.92 Å². The molecule has 114 valence electrons. The lowest BCUT2D eigenvalue weighted by Crippen LogP contribution is -2.30. The Morgan fingerprint density at radius 2 is 2.43 bits per heavy atom. The molecule has 9 nitrogen and oxygen atoms in total. The number of hydrazine groups is 1. The third-order valence-corrected chi connectivity index (χ3v) is 3.42. The summed E-state index contributed by atoms with van der Waals surface area (Å²) < 4.78 is 4.53. The lowest BCUT2D eigenvalue weighted by atomic mass is 10.0. The van der Waals surface area contributed by atoms with Gasteiger partial charge in [0.2, 0.25) is 5.82 Å². The number of aromatic nitrogens is 1. The number of nitrogens with one attached hydrogen (secondary N) is 3. The van der Waals surface area contributed by atoms with E-state index in [1.54, 1.807) is 0 Å². The minimum atomic E-state index is -0.657. The van der Waals surface area contributed by atoms with Crippen molar-refractivity contribution in [2.45, 2.75) is 13.0 Å². The predicted octanol–water partition coefficient (Wildman–Crippen LogP) is 0.301. The monoisotopic (exact) mass is 295 g/mol. The normalized spacial score (nSPS) is 21.0. The van der Waals surface area contributed by atoms with Gasteiger partial charge in [0.15, 0.2) is 0 Å². The second-order valence-corrected chi connectivity index (χ2v) is 4.80. The zero-order valence-corrected chi connectivity index (χ0v) is 11.8. The smallest absolute Gasteiger partial charge is 0.339 e. The van der Waals surface area contributed by atoms with E-state index in [9.17, 15) is 14.9 Å². The lowest BCUT2D eigenvalue weighted by molar-refractivity contribution is -0.384. The average Bonchev–Trinajstić information content (AvgIpc) is 2.89. The van der Waals surface area contributed by atoms with Gasteiger partial charge >= 0.3 is 11.7 Å². The maximum absolute atomic E-state index is 11.4. The highest BCUT2D eigenvalue weighted by Crippen LogP contribution is 2.23. The van der Waals surface area contributed by atoms with Gasteiger partial charge in [0, 0.05) is 37.3 Å². The summed E-state index contributed by atoms with van der Waals surface area (Å²) in [6.45, 7) is 3.32. The molecule has 3 N–H and O–H groups in total. The van der Waals surface area contributed by atoms with Crippen molar-refractivity contribution in [1.82, 2.24) is 15.8 Å². The number of methoxy groups -OCH3 is 1. The summed E-state index contributed by atoms with van der Waals surface area (Å²) in [5.74, 6) is -0.228. The van der Waals surface area contributed by atoms with E-state index >= 15 is 0 Å². The van der Waals surface area contributed by atoms with Crippen LogP contribution in [0.25, 0.3) is 0 Å². The predicted molar refractivity (Wildman–Crippen MR) is 74.8 cm³/mol. The van der Waals surface area contributed by atoms with Crippen LogP contribution < -0.4 is 16.2 Å². The van der Waals surface area contributed by atoms with Crippen LogP contribution in [0, 0.1) is 16.0 Å². The van der Waals surface area contributed by atoms with Crippen molar-refractivity contribution in [1.29, 1.82) is 0 Å². The van der Waals surface area contributed by atoms with Gasteiger partial charge in [-0.05, 0) is 6.92 Å². The zero-order chi connectivity index (χ0) is 15.4. The fourth-order valence-corrected chi connectivity index (χ4v) is 2.08. The van der Waals surface area contributed by atoms with Crippen molar-refractivity contribution in [2.24, 2.45) is 5.92 Å². The lowest BCUT2D eigenvalue weighted by Gasteiger charge is -2.14. The Morgan fingerprint density at radius 3 is 3.00 bits per heavy atom. The first-order valence-electron chi connectivity index (χ1n) is 6.48. The van der Waals surface area contributed by atoms with E-state index in [1.165, 1.54) is 13.3 Å². The molecule has 2 unspecified atom stereocenters. The summed E-state index contributed by atoms with van der Waals surface area (Å²) in [6.07, 6.45) is 1.26. The molecule has 1 aromatic heterocycles. The van der Waals surface area contributed by atoms with Crippen molar-refractivity contribution in [3.8, 4) is 0 Å². The molecule has 0 radical (unpaired) electrons. The van der Waals surface area contributed by atoms with Gasteiger partial charge < -0.3 is 10.1 Å². The minimum Gasteiger partial charge on any atom is -0.465 e. The number of carbonyl (C=O) groups is 1. The van der Waals surface area contributed by atoms with Crippen molar-refractivity contribution in [3.05, 3.63) is 27.9 Å². The Labute approximate surface area is 121 Å². The maximum Gasteiger partial charge on any atom is 0.339 e. The molecular formula is C12H17N5O4. The van der Waals surface area contributed by atoms with Gasteiger partial charge in [0.05, 0.1) is 17.6 Å². The summed E-state index contributed by atoms with van der Waals surface area (Å²) in [4.78, 5) is 25.9. The van der Waals surface area contributed by atoms with E-state index in [0.29, 0.717) is 6.54 Å². The number of rotatable bonds is 5. The Morgan fingerprint density at radius 1 is 1.67 bits per heavy atom. The van der Waals surface area contributed by atoms with E-state index < -0.39 is 10.9 Å². The molecule has 1 aromatic rings.